The molecule has 0 aliphatic heterocycles. The van der Waals surface area contributed by atoms with Gasteiger partial charge in [0.15, 0.2) is 0 Å². The van der Waals surface area contributed by atoms with Crippen molar-refractivity contribution in [2.24, 2.45) is 0 Å². The van der Waals surface area contributed by atoms with Crippen LogP contribution in [0.4, 0.5) is 4.79 Å². The van der Waals surface area contributed by atoms with Gasteiger partial charge >= 0.3 is 6.09 Å². The molecule has 0 aromatic heterocycles. The molecule has 0 heterocycles. The second-order valence-electron chi connectivity index (χ2n) is 2.98. The molecule has 4 nitrogen and oxygen atoms in total. The molecule has 0 unspecified atom stereocenters. The smallest absolute Gasteiger partial charge is 0.408 e. The van der Waals surface area contributed by atoms with Crippen LogP contribution in [-0.2, 0) is 11.3 Å². The minimum absolute atomic E-state index is 0.161. The predicted molar refractivity (Wildman–Crippen MR) is 55.7 cm³/mol. The van der Waals surface area contributed by atoms with Crippen molar-refractivity contribution in [3.8, 4) is 0 Å². The van der Waals surface area contributed by atoms with Gasteiger partial charge in [0.25, 0.3) is 0 Å². The zero-order valence-electron chi connectivity index (χ0n) is 7.89. The van der Waals surface area contributed by atoms with Crippen LogP contribution in [0, 0.1) is 0 Å². The molecule has 1 amide bonds. The summed E-state index contributed by atoms with van der Waals surface area (Å²) in [4.78, 5) is 22.3. The molecule has 1 rings (SSSR count). The lowest BCUT2D eigenvalue weighted by Gasteiger charge is -2.16. The summed E-state index contributed by atoms with van der Waals surface area (Å²) in [6, 6.07) is 9.01. The Bertz CT molecular complexity index is 353. The van der Waals surface area contributed by atoms with Gasteiger partial charge in [-0.05, 0) is 17.2 Å². The number of halogens is 1. The molecule has 5 heteroatoms. The van der Waals surface area contributed by atoms with Crippen LogP contribution in [-0.4, -0.2) is 27.9 Å². The molecule has 80 valence electrons. The second-order valence-corrected chi connectivity index (χ2v) is 3.40. The Morgan fingerprint density at radius 2 is 1.87 bits per heavy atom. The average Bonchev–Trinajstić information content (AvgIpc) is 2.17. The van der Waals surface area contributed by atoms with Gasteiger partial charge in [-0.2, -0.15) is 0 Å². The number of nitrogens with zero attached hydrogens (tertiary/aromatic N) is 1. The molecule has 1 aromatic carbocycles. The first-order valence-electron chi connectivity index (χ1n) is 4.29. The summed E-state index contributed by atoms with van der Waals surface area (Å²) >= 11 is 5.14. The van der Waals surface area contributed by atoms with Crippen molar-refractivity contribution in [3.05, 3.63) is 35.9 Å². The first-order chi connectivity index (χ1) is 7.09. The van der Waals surface area contributed by atoms with Crippen molar-refractivity contribution < 1.29 is 14.7 Å². The minimum Gasteiger partial charge on any atom is -0.465 e. The topological polar surface area (TPSA) is 57.6 Å². The average molecular weight is 228 g/mol. The largest absolute Gasteiger partial charge is 0.465 e. The van der Waals surface area contributed by atoms with Gasteiger partial charge in [-0.1, -0.05) is 30.3 Å². The zero-order valence-corrected chi connectivity index (χ0v) is 8.65. The van der Waals surface area contributed by atoms with Crippen LogP contribution in [0.5, 0.6) is 0 Å². The molecule has 0 radical (unpaired) electrons. The third-order valence-corrected chi connectivity index (χ3v) is 1.92. The second kappa shape index (κ2) is 5.36. The van der Waals surface area contributed by atoms with E-state index in [0.29, 0.717) is 0 Å². The van der Waals surface area contributed by atoms with Gasteiger partial charge in [0, 0.05) is 6.54 Å². The molecule has 0 spiro atoms. The van der Waals surface area contributed by atoms with Gasteiger partial charge in [-0.15, -0.1) is 0 Å². The SMILES string of the molecule is O=C(Cl)CN(Cc1ccccc1)C(=O)O. The zero-order chi connectivity index (χ0) is 11.3. The van der Waals surface area contributed by atoms with E-state index >= 15 is 0 Å². The van der Waals surface area contributed by atoms with E-state index in [1.165, 1.54) is 0 Å². The van der Waals surface area contributed by atoms with Crippen LogP contribution in [0.3, 0.4) is 0 Å². The van der Waals surface area contributed by atoms with Gasteiger partial charge in [0.05, 0.1) is 6.54 Å². The lowest BCUT2D eigenvalue weighted by Crippen LogP contribution is -2.32. The van der Waals surface area contributed by atoms with Crippen LogP contribution in [0.25, 0.3) is 0 Å². The van der Waals surface area contributed by atoms with Crippen LogP contribution in [0.1, 0.15) is 5.56 Å². The molecular formula is C10H10ClNO3. The Labute approximate surface area is 92.1 Å². The number of carbonyl (C=O) groups is 2. The Morgan fingerprint density at radius 1 is 1.27 bits per heavy atom. The summed E-state index contributed by atoms with van der Waals surface area (Å²) in [7, 11) is 0. The van der Waals surface area contributed by atoms with E-state index in [1.807, 2.05) is 6.07 Å². The van der Waals surface area contributed by atoms with E-state index in [2.05, 4.69) is 0 Å². The minimum atomic E-state index is -1.16. The maximum absolute atomic E-state index is 10.8. The maximum atomic E-state index is 10.8. The Hall–Kier alpha value is -1.55. The highest BCUT2D eigenvalue weighted by Crippen LogP contribution is 2.05. The van der Waals surface area contributed by atoms with Crippen molar-refractivity contribution in [3.63, 3.8) is 0 Å². The molecular weight excluding hydrogens is 218 g/mol. The predicted octanol–water partition coefficient (Wildman–Crippen LogP) is 1.93. The van der Waals surface area contributed by atoms with Crippen LogP contribution >= 0.6 is 11.6 Å². The number of benzene rings is 1. The molecule has 1 aromatic rings. The summed E-state index contributed by atoms with van der Waals surface area (Å²) < 4.78 is 0. The molecule has 0 aliphatic rings. The number of hydrogen-bond acceptors (Lipinski definition) is 2. The third kappa shape index (κ3) is 3.99. The van der Waals surface area contributed by atoms with Crippen LogP contribution in [0.2, 0.25) is 0 Å². The van der Waals surface area contributed by atoms with E-state index in [0.717, 1.165) is 10.5 Å². The lowest BCUT2D eigenvalue weighted by molar-refractivity contribution is -0.112. The number of rotatable bonds is 4. The fourth-order valence-corrected chi connectivity index (χ4v) is 1.29. The first kappa shape index (κ1) is 11.5. The van der Waals surface area contributed by atoms with Crippen molar-refractivity contribution >= 4 is 22.9 Å². The fourth-order valence-electron chi connectivity index (χ4n) is 1.15. The molecule has 0 saturated carbocycles. The highest BCUT2D eigenvalue weighted by Gasteiger charge is 2.14. The van der Waals surface area contributed by atoms with Crippen molar-refractivity contribution in [1.29, 1.82) is 0 Å². The third-order valence-electron chi connectivity index (χ3n) is 1.80. The van der Waals surface area contributed by atoms with Crippen LogP contribution in [0.15, 0.2) is 30.3 Å². The summed E-state index contributed by atoms with van der Waals surface area (Å²) in [6.07, 6.45) is -1.16. The molecule has 0 atom stereocenters. The Kier molecular flexibility index (Phi) is 4.12. The summed E-state index contributed by atoms with van der Waals surface area (Å²) in [6.45, 7) is -0.138. The molecule has 0 fully saturated rings. The highest BCUT2D eigenvalue weighted by molar-refractivity contribution is 6.64. The van der Waals surface area contributed by atoms with Gasteiger partial charge in [-0.25, -0.2) is 4.79 Å². The first-order valence-corrected chi connectivity index (χ1v) is 4.67. The summed E-state index contributed by atoms with van der Waals surface area (Å²) in [5.74, 6) is 0. The van der Waals surface area contributed by atoms with Crippen LogP contribution < -0.4 is 0 Å². The Balaban J connectivity index is 2.67. The fraction of sp³-hybridized carbons (Fsp3) is 0.200. The molecule has 1 N–H and O–H groups in total. The van der Waals surface area contributed by atoms with E-state index in [1.54, 1.807) is 24.3 Å². The van der Waals surface area contributed by atoms with Crippen molar-refractivity contribution in [2.45, 2.75) is 6.54 Å². The van der Waals surface area contributed by atoms with Crippen molar-refractivity contribution in [1.82, 2.24) is 4.90 Å². The molecule has 0 saturated heterocycles. The molecule has 15 heavy (non-hydrogen) atoms. The number of carbonyl (C=O) groups excluding carboxylic acids is 1. The van der Waals surface area contributed by atoms with Gasteiger partial charge in [0.1, 0.15) is 0 Å². The lowest BCUT2D eigenvalue weighted by atomic mass is 10.2. The monoisotopic (exact) mass is 227 g/mol. The molecule has 0 bridgehead atoms. The van der Waals surface area contributed by atoms with E-state index in [4.69, 9.17) is 16.7 Å². The highest BCUT2D eigenvalue weighted by atomic mass is 35.5. The molecule has 0 aliphatic carbocycles. The Morgan fingerprint density at radius 3 is 2.33 bits per heavy atom. The quantitative estimate of drug-likeness (QED) is 0.800. The van der Waals surface area contributed by atoms with E-state index in [9.17, 15) is 9.59 Å². The van der Waals surface area contributed by atoms with Crippen molar-refractivity contribution in [2.75, 3.05) is 6.54 Å². The normalized spacial score (nSPS) is 9.67. The number of amides is 1. The number of carboxylic acid groups (broad SMARTS) is 1. The van der Waals surface area contributed by atoms with Gasteiger partial charge in [0.2, 0.25) is 5.24 Å². The summed E-state index contributed by atoms with van der Waals surface area (Å²) in [5.41, 5.74) is 0.817. The number of hydrogen-bond donors (Lipinski definition) is 1. The van der Waals surface area contributed by atoms with E-state index < -0.39 is 11.3 Å². The standard InChI is InChI=1S/C10H10ClNO3/c11-9(13)7-12(10(14)15)6-8-4-2-1-3-5-8/h1-5H,6-7H2,(H,14,15). The van der Waals surface area contributed by atoms with Gasteiger partial charge in [-0.3, -0.25) is 9.69 Å². The summed E-state index contributed by atoms with van der Waals surface area (Å²) in [5, 5.41) is 8.11. The van der Waals surface area contributed by atoms with Gasteiger partial charge < -0.3 is 5.11 Å². The maximum Gasteiger partial charge on any atom is 0.408 e. The van der Waals surface area contributed by atoms with E-state index in [-0.39, 0.29) is 13.1 Å².